The average Bonchev–Trinajstić information content (AvgIpc) is 2.47. The highest BCUT2D eigenvalue weighted by Gasteiger charge is 2.31. The molecule has 0 aromatic carbocycles. The van der Waals surface area contributed by atoms with E-state index < -0.39 is 0 Å². The van der Waals surface area contributed by atoms with Gasteiger partial charge in [0, 0.05) is 19.1 Å². The fourth-order valence-electron chi connectivity index (χ4n) is 2.33. The minimum absolute atomic E-state index is 0.327. The standard InChI is InChI=1S/C12H21N3O/c1-9-10(11(16-4)15(3)14-9)8-13-12(2)6-5-7-12/h13H,5-8H2,1-4H3. The maximum Gasteiger partial charge on any atom is 0.216 e. The van der Waals surface area contributed by atoms with Crippen LogP contribution in [0.3, 0.4) is 0 Å². The van der Waals surface area contributed by atoms with Crippen LogP contribution in [0.15, 0.2) is 0 Å². The third-order valence-corrected chi connectivity index (χ3v) is 3.63. The minimum atomic E-state index is 0.327. The summed E-state index contributed by atoms with van der Waals surface area (Å²) in [5.41, 5.74) is 2.56. The smallest absolute Gasteiger partial charge is 0.216 e. The molecule has 1 aliphatic rings. The molecule has 4 heteroatoms. The zero-order chi connectivity index (χ0) is 11.8. The second-order valence-electron chi connectivity index (χ2n) is 4.96. The van der Waals surface area contributed by atoms with Crippen molar-refractivity contribution in [1.29, 1.82) is 0 Å². The van der Waals surface area contributed by atoms with Crippen LogP contribution in [-0.4, -0.2) is 22.4 Å². The first kappa shape index (κ1) is 11.5. The van der Waals surface area contributed by atoms with Crippen LogP contribution in [0.25, 0.3) is 0 Å². The van der Waals surface area contributed by atoms with Crippen LogP contribution in [-0.2, 0) is 13.6 Å². The highest BCUT2D eigenvalue weighted by Crippen LogP contribution is 2.32. The van der Waals surface area contributed by atoms with Crippen molar-refractivity contribution in [1.82, 2.24) is 15.1 Å². The summed E-state index contributed by atoms with van der Waals surface area (Å²) in [6.45, 7) is 5.16. The number of methoxy groups -OCH3 is 1. The van der Waals surface area contributed by atoms with Gasteiger partial charge in [0.25, 0.3) is 0 Å². The number of hydrogen-bond donors (Lipinski definition) is 1. The fraction of sp³-hybridized carbons (Fsp3) is 0.750. The number of rotatable bonds is 4. The summed E-state index contributed by atoms with van der Waals surface area (Å²) in [6.07, 6.45) is 3.88. The van der Waals surface area contributed by atoms with Crippen molar-refractivity contribution in [2.45, 2.75) is 45.2 Å². The van der Waals surface area contributed by atoms with E-state index in [2.05, 4.69) is 17.3 Å². The Kier molecular flexibility index (Phi) is 2.93. The highest BCUT2D eigenvalue weighted by atomic mass is 16.5. The zero-order valence-corrected chi connectivity index (χ0v) is 10.6. The van der Waals surface area contributed by atoms with Crippen LogP contribution in [0.1, 0.15) is 37.4 Å². The van der Waals surface area contributed by atoms with E-state index in [-0.39, 0.29) is 0 Å². The van der Waals surface area contributed by atoms with Gasteiger partial charge >= 0.3 is 0 Å². The van der Waals surface area contributed by atoms with Crippen molar-refractivity contribution in [2.75, 3.05) is 7.11 Å². The van der Waals surface area contributed by atoms with Crippen molar-refractivity contribution < 1.29 is 4.74 Å². The van der Waals surface area contributed by atoms with E-state index in [9.17, 15) is 0 Å². The molecule has 1 saturated carbocycles. The lowest BCUT2D eigenvalue weighted by molar-refractivity contribution is 0.205. The van der Waals surface area contributed by atoms with Crippen LogP contribution >= 0.6 is 0 Å². The molecule has 0 bridgehead atoms. The van der Waals surface area contributed by atoms with E-state index in [1.807, 2.05) is 14.0 Å². The maximum absolute atomic E-state index is 5.37. The number of ether oxygens (including phenoxy) is 1. The Hall–Kier alpha value is -1.03. The Labute approximate surface area is 97.0 Å². The van der Waals surface area contributed by atoms with Crippen molar-refractivity contribution >= 4 is 0 Å². The zero-order valence-electron chi connectivity index (χ0n) is 10.6. The topological polar surface area (TPSA) is 39.1 Å². The number of nitrogens with one attached hydrogen (secondary N) is 1. The summed E-state index contributed by atoms with van der Waals surface area (Å²) in [5.74, 6) is 0.868. The van der Waals surface area contributed by atoms with Crippen molar-refractivity contribution in [2.24, 2.45) is 7.05 Å². The number of nitrogens with zero attached hydrogens (tertiary/aromatic N) is 2. The largest absolute Gasteiger partial charge is 0.481 e. The Bertz CT molecular complexity index is 380. The third kappa shape index (κ3) is 1.94. The van der Waals surface area contributed by atoms with E-state index in [0.29, 0.717) is 5.54 Å². The first-order valence-corrected chi connectivity index (χ1v) is 5.87. The van der Waals surface area contributed by atoms with E-state index in [1.165, 1.54) is 24.8 Å². The van der Waals surface area contributed by atoms with Crippen LogP contribution in [0.5, 0.6) is 5.88 Å². The molecule has 1 N–H and O–H groups in total. The first-order valence-electron chi connectivity index (χ1n) is 5.87. The van der Waals surface area contributed by atoms with Gasteiger partial charge in [0.2, 0.25) is 5.88 Å². The van der Waals surface area contributed by atoms with Crippen molar-refractivity contribution in [3.05, 3.63) is 11.3 Å². The van der Waals surface area contributed by atoms with E-state index in [0.717, 1.165) is 18.1 Å². The van der Waals surface area contributed by atoms with Gasteiger partial charge in [-0.2, -0.15) is 5.10 Å². The van der Waals surface area contributed by atoms with Gasteiger partial charge in [-0.3, -0.25) is 0 Å². The fourth-order valence-corrected chi connectivity index (χ4v) is 2.33. The van der Waals surface area contributed by atoms with Gasteiger partial charge in [-0.05, 0) is 33.1 Å². The van der Waals surface area contributed by atoms with Crippen LogP contribution in [0.4, 0.5) is 0 Å². The molecule has 0 saturated heterocycles. The van der Waals surface area contributed by atoms with Gasteiger partial charge in [-0.15, -0.1) is 0 Å². The normalized spacial score (nSPS) is 18.2. The van der Waals surface area contributed by atoms with Crippen LogP contribution in [0, 0.1) is 6.92 Å². The molecule has 0 unspecified atom stereocenters. The van der Waals surface area contributed by atoms with Crippen LogP contribution in [0.2, 0.25) is 0 Å². The van der Waals surface area contributed by atoms with Gasteiger partial charge in [0.05, 0.1) is 18.4 Å². The lowest BCUT2D eigenvalue weighted by Crippen LogP contribution is -2.47. The van der Waals surface area contributed by atoms with E-state index >= 15 is 0 Å². The van der Waals surface area contributed by atoms with Gasteiger partial charge in [0.15, 0.2) is 0 Å². The Morgan fingerprint density at radius 1 is 1.50 bits per heavy atom. The third-order valence-electron chi connectivity index (χ3n) is 3.63. The van der Waals surface area contributed by atoms with Gasteiger partial charge in [-0.25, -0.2) is 4.68 Å². The number of aromatic nitrogens is 2. The van der Waals surface area contributed by atoms with E-state index in [1.54, 1.807) is 11.8 Å². The SMILES string of the molecule is COc1c(CNC2(C)CCC2)c(C)nn1C. The molecule has 1 heterocycles. The van der Waals surface area contributed by atoms with Crippen LogP contribution < -0.4 is 10.1 Å². The quantitative estimate of drug-likeness (QED) is 0.845. The van der Waals surface area contributed by atoms with Crippen molar-refractivity contribution in [3.63, 3.8) is 0 Å². The summed E-state index contributed by atoms with van der Waals surface area (Å²) < 4.78 is 7.18. The molecular formula is C12H21N3O. The molecule has 16 heavy (non-hydrogen) atoms. The summed E-state index contributed by atoms with van der Waals surface area (Å²) in [4.78, 5) is 0. The maximum atomic E-state index is 5.37. The molecule has 0 spiro atoms. The number of aryl methyl sites for hydroxylation is 2. The van der Waals surface area contributed by atoms with Crippen molar-refractivity contribution in [3.8, 4) is 5.88 Å². The monoisotopic (exact) mass is 223 g/mol. The predicted octanol–water partition coefficient (Wildman–Crippen LogP) is 1.77. The molecule has 2 rings (SSSR count). The molecule has 1 fully saturated rings. The molecule has 1 aliphatic carbocycles. The molecule has 1 aromatic heterocycles. The molecular weight excluding hydrogens is 202 g/mol. The Morgan fingerprint density at radius 3 is 2.69 bits per heavy atom. The van der Waals surface area contributed by atoms with Gasteiger partial charge < -0.3 is 10.1 Å². The molecule has 0 radical (unpaired) electrons. The Balaban J connectivity index is 2.08. The minimum Gasteiger partial charge on any atom is -0.481 e. The summed E-state index contributed by atoms with van der Waals surface area (Å²) in [7, 11) is 3.62. The molecule has 1 aromatic rings. The first-order chi connectivity index (χ1) is 7.56. The lowest BCUT2D eigenvalue weighted by Gasteiger charge is -2.39. The molecule has 90 valence electrons. The lowest BCUT2D eigenvalue weighted by atomic mass is 9.78. The summed E-state index contributed by atoms with van der Waals surface area (Å²) >= 11 is 0. The van der Waals surface area contributed by atoms with Gasteiger partial charge in [-0.1, -0.05) is 0 Å². The van der Waals surface area contributed by atoms with Gasteiger partial charge in [0.1, 0.15) is 0 Å². The highest BCUT2D eigenvalue weighted by molar-refractivity contribution is 5.31. The second-order valence-corrected chi connectivity index (χ2v) is 4.96. The molecule has 0 atom stereocenters. The Morgan fingerprint density at radius 2 is 2.19 bits per heavy atom. The average molecular weight is 223 g/mol. The summed E-state index contributed by atoms with van der Waals surface area (Å²) in [5, 5.41) is 7.99. The molecule has 4 nitrogen and oxygen atoms in total. The second kappa shape index (κ2) is 4.09. The molecule has 0 amide bonds. The van der Waals surface area contributed by atoms with E-state index in [4.69, 9.17) is 4.74 Å². The molecule has 0 aliphatic heterocycles. The summed E-state index contributed by atoms with van der Waals surface area (Å²) in [6, 6.07) is 0. The number of hydrogen-bond acceptors (Lipinski definition) is 3. The predicted molar refractivity (Wildman–Crippen MR) is 63.6 cm³/mol.